The van der Waals surface area contributed by atoms with E-state index in [0.717, 1.165) is 6.07 Å². The fourth-order valence-corrected chi connectivity index (χ4v) is 2.37. The summed E-state index contributed by atoms with van der Waals surface area (Å²) in [6, 6.07) is 3.77. The van der Waals surface area contributed by atoms with Crippen LogP contribution in [0.3, 0.4) is 0 Å². The summed E-state index contributed by atoms with van der Waals surface area (Å²) in [5.41, 5.74) is -0.151. The van der Waals surface area contributed by atoms with E-state index in [9.17, 15) is 19.7 Å². The van der Waals surface area contributed by atoms with Gasteiger partial charge in [0.25, 0.3) is 11.6 Å². The lowest BCUT2D eigenvalue weighted by Gasteiger charge is -2.32. The predicted molar refractivity (Wildman–Crippen MR) is 77.5 cm³/mol. The Balaban J connectivity index is 2.23. The summed E-state index contributed by atoms with van der Waals surface area (Å²) in [6.45, 7) is 0.596. The molecule has 1 aliphatic rings. The Hall–Kier alpha value is -2.68. The van der Waals surface area contributed by atoms with Gasteiger partial charge < -0.3 is 19.5 Å². The Morgan fingerprint density at radius 3 is 2.87 bits per heavy atom. The summed E-state index contributed by atoms with van der Waals surface area (Å²) in [5.74, 6) is -1.25. The number of hydrogen-bond acceptors (Lipinski definition) is 6. The number of carboxylic acids is 1. The highest BCUT2D eigenvalue weighted by Gasteiger charge is 2.29. The van der Waals surface area contributed by atoms with Crippen LogP contribution in [0.1, 0.15) is 16.8 Å². The van der Waals surface area contributed by atoms with E-state index >= 15 is 0 Å². The molecule has 1 aromatic rings. The van der Waals surface area contributed by atoms with Gasteiger partial charge in [0.05, 0.1) is 36.7 Å². The second kappa shape index (κ2) is 7.05. The summed E-state index contributed by atoms with van der Waals surface area (Å²) in [5, 5.41) is 19.7. The number of ether oxygens (including phenoxy) is 2. The molecule has 124 valence electrons. The first-order valence-corrected chi connectivity index (χ1v) is 6.87. The predicted octanol–water partition coefficient (Wildman–Crippen LogP) is 0.919. The topological polar surface area (TPSA) is 119 Å². The van der Waals surface area contributed by atoms with Crippen LogP contribution in [-0.2, 0) is 9.53 Å². The van der Waals surface area contributed by atoms with E-state index in [1.54, 1.807) is 0 Å². The molecule has 2 rings (SSSR count). The number of carbonyl (C=O) groups excluding carboxylic acids is 1. The molecular formula is C14H16N2O7. The van der Waals surface area contributed by atoms with E-state index in [2.05, 4.69) is 0 Å². The molecule has 0 saturated carbocycles. The maximum atomic E-state index is 12.6. The Bertz CT molecular complexity index is 632. The molecule has 1 aliphatic heterocycles. The van der Waals surface area contributed by atoms with Crippen LogP contribution in [0.25, 0.3) is 0 Å². The molecule has 0 spiro atoms. The van der Waals surface area contributed by atoms with E-state index in [1.165, 1.54) is 24.1 Å². The summed E-state index contributed by atoms with van der Waals surface area (Å²) in [7, 11) is 1.37. The number of benzene rings is 1. The number of non-ortho nitro benzene ring substituents is 1. The van der Waals surface area contributed by atoms with Crippen LogP contribution < -0.4 is 4.74 Å². The van der Waals surface area contributed by atoms with E-state index in [1.807, 2.05) is 0 Å². The van der Waals surface area contributed by atoms with Gasteiger partial charge in [0.15, 0.2) is 0 Å². The largest absolute Gasteiger partial charge is 0.496 e. The Morgan fingerprint density at radius 1 is 1.52 bits per heavy atom. The van der Waals surface area contributed by atoms with Gasteiger partial charge in [0, 0.05) is 25.2 Å². The number of nitrogens with zero attached hydrogens (tertiary/aromatic N) is 2. The Kier molecular flexibility index (Phi) is 5.12. The molecule has 0 aliphatic carbocycles. The van der Waals surface area contributed by atoms with Crippen molar-refractivity contribution in [1.29, 1.82) is 0 Å². The average molecular weight is 324 g/mol. The van der Waals surface area contributed by atoms with Crippen molar-refractivity contribution in [3.8, 4) is 5.75 Å². The molecule has 1 unspecified atom stereocenters. The zero-order valence-corrected chi connectivity index (χ0v) is 12.4. The first-order valence-electron chi connectivity index (χ1n) is 6.87. The number of nitro groups is 1. The van der Waals surface area contributed by atoms with Gasteiger partial charge in [-0.25, -0.2) is 0 Å². The van der Waals surface area contributed by atoms with Crippen molar-refractivity contribution in [1.82, 2.24) is 4.90 Å². The van der Waals surface area contributed by atoms with Crippen molar-refractivity contribution >= 4 is 17.6 Å². The zero-order chi connectivity index (χ0) is 17.0. The summed E-state index contributed by atoms with van der Waals surface area (Å²) < 4.78 is 10.4. The van der Waals surface area contributed by atoms with Crippen molar-refractivity contribution < 1.29 is 29.1 Å². The van der Waals surface area contributed by atoms with Crippen molar-refractivity contribution in [2.24, 2.45) is 0 Å². The van der Waals surface area contributed by atoms with Crippen LogP contribution in [0.2, 0.25) is 0 Å². The monoisotopic (exact) mass is 324 g/mol. The van der Waals surface area contributed by atoms with Crippen molar-refractivity contribution in [2.45, 2.75) is 12.5 Å². The van der Waals surface area contributed by atoms with Gasteiger partial charge in [-0.1, -0.05) is 0 Å². The van der Waals surface area contributed by atoms with Crippen molar-refractivity contribution in [3.05, 3.63) is 33.9 Å². The number of morpholine rings is 1. The van der Waals surface area contributed by atoms with Crippen LogP contribution in [0.15, 0.2) is 18.2 Å². The number of hydrogen-bond donors (Lipinski definition) is 1. The number of rotatable bonds is 5. The van der Waals surface area contributed by atoms with Crippen LogP contribution in [0.4, 0.5) is 5.69 Å². The molecule has 1 saturated heterocycles. The number of methoxy groups -OCH3 is 1. The molecule has 0 bridgehead atoms. The highest BCUT2D eigenvalue weighted by molar-refractivity contribution is 5.97. The lowest BCUT2D eigenvalue weighted by atomic mass is 10.1. The first kappa shape index (κ1) is 16.7. The Morgan fingerprint density at radius 2 is 2.26 bits per heavy atom. The number of carboxylic acid groups (broad SMARTS) is 1. The van der Waals surface area contributed by atoms with Crippen molar-refractivity contribution in [3.63, 3.8) is 0 Å². The highest BCUT2D eigenvalue weighted by Crippen LogP contribution is 2.26. The van der Waals surface area contributed by atoms with Gasteiger partial charge in [0.1, 0.15) is 5.75 Å². The van der Waals surface area contributed by atoms with Crippen LogP contribution in [0.5, 0.6) is 5.75 Å². The molecule has 1 aromatic carbocycles. The average Bonchev–Trinajstić information content (AvgIpc) is 2.53. The summed E-state index contributed by atoms with van der Waals surface area (Å²) in [6.07, 6.45) is -0.814. The third-order valence-electron chi connectivity index (χ3n) is 3.45. The lowest BCUT2D eigenvalue weighted by Crippen LogP contribution is -2.46. The smallest absolute Gasteiger partial charge is 0.306 e. The molecule has 0 radical (unpaired) electrons. The molecule has 1 amide bonds. The molecule has 1 fully saturated rings. The van der Waals surface area contributed by atoms with E-state index < -0.39 is 22.9 Å². The van der Waals surface area contributed by atoms with E-state index in [4.69, 9.17) is 14.6 Å². The normalized spacial score (nSPS) is 17.6. The SMILES string of the molecule is COc1ccc([N+](=O)[O-])cc1C(=O)N1CCOC(CC(=O)O)C1. The molecule has 1 N–H and O–H groups in total. The number of carbonyl (C=O) groups is 2. The van der Waals surface area contributed by atoms with Gasteiger partial charge >= 0.3 is 5.97 Å². The second-order valence-electron chi connectivity index (χ2n) is 4.98. The number of amides is 1. The molecular weight excluding hydrogens is 308 g/mol. The number of aliphatic carboxylic acids is 1. The molecule has 0 aromatic heterocycles. The maximum absolute atomic E-state index is 12.6. The minimum atomic E-state index is -1.02. The van der Waals surface area contributed by atoms with Gasteiger partial charge in [-0.15, -0.1) is 0 Å². The zero-order valence-electron chi connectivity index (χ0n) is 12.4. The minimum Gasteiger partial charge on any atom is -0.496 e. The van der Waals surface area contributed by atoms with Crippen LogP contribution in [0, 0.1) is 10.1 Å². The quantitative estimate of drug-likeness (QED) is 0.631. The minimum absolute atomic E-state index is 0.0673. The third-order valence-corrected chi connectivity index (χ3v) is 3.45. The molecule has 9 nitrogen and oxygen atoms in total. The van der Waals surface area contributed by atoms with Crippen LogP contribution >= 0.6 is 0 Å². The van der Waals surface area contributed by atoms with Crippen molar-refractivity contribution in [2.75, 3.05) is 26.8 Å². The standard InChI is InChI=1S/C14H16N2O7/c1-22-12-3-2-9(16(20)21)6-11(12)14(19)15-4-5-23-10(8-15)7-13(17)18/h2-3,6,10H,4-5,7-8H2,1H3,(H,17,18). The first-order chi connectivity index (χ1) is 10.9. The molecule has 1 atom stereocenters. The van der Waals surface area contributed by atoms with Crippen LogP contribution in [-0.4, -0.2) is 59.7 Å². The lowest BCUT2D eigenvalue weighted by molar-refractivity contribution is -0.384. The molecule has 23 heavy (non-hydrogen) atoms. The number of nitro benzene ring substituents is 1. The van der Waals surface area contributed by atoms with Gasteiger partial charge in [0.2, 0.25) is 0 Å². The van der Waals surface area contributed by atoms with E-state index in [-0.39, 0.29) is 43.1 Å². The Labute approximate surface area is 131 Å². The second-order valence-corrected chi connectivity index (χ2v) is 4.98. The fraction of sp³-hybridized carbons (Fsp3) is 0.429. The molecule has 9 heteroatoms. The van der Waals surface area contributed by atoms with Gasteiger partial charge in [-0.05, 0) is 6.07 Å². The maximum Gasteiger partial charge on any atom is 0.306 e. The fourth-order valence-electron chi connectivity index (χ4n) is 2.37. The highest BCUT2D eigenvalue weighted by atomic mass is 16.6. The summed E-state index contributed by atoms with van der Waals surface area (Å²) >= 11 is 0. The van der Waals surface area contributed by atoms with Gasteiger partial charge in [-0.3, -0.25) is 19.7 Å². The summed E-state index contributed by atoms with van der Waals surface area (Å²) in [4.78, 5) is 35.1. The molecule has 1 heterocycles. The van der Waals surface area contributed by atoms with E-state index in [0.29, 0.717) is 0 Å². The van der Waals surface area contributed by atoms with Gasteiger partial charge in [-0.2, -0.15) is 0 Å². The third kappa shape index (κ3) is 3.95.